The average Bonchev–Trinajstić information content (AvgIpc) is 2.91. The zero-order chi connectivity index (χ0) is 13.8. The molecule has 2 N–H and O–H groups in total. The molecule has 5 heteroatoms. The topological polar surface area (TPSA) is 55.6 Å². The van der Waals surface area contributed by atoms with Crippen LogP contribution in [0, 0.1) is 5.92 Å². The van der Waals surface area contributed by atoms with Gasteiger partial charge in [-0.05, 0) is 31.5 Å². The van der Waals surface area contributed by atoms with Gasteiger partial charge in [-0.2, -0.15) is 0 Å². The van der Waals surface area contributed by atoms with Crippen LogP contribution in [0.5, 0.6) is 0 Å². The quantitative estimate of drug-likeness (QED) is 0.865. The maximum Gasteiger partial charge on any atom is 0.255 e. The van der Waals surface area contributed by atoms with Crippen molar-refractivity contribution in [2.24, 2.45) is 5.92 Å². The van der Waals surface area contributed by atoms with E-state index in [0.29, 0.717) is 23.7 Å². The van der Waals surface area contributed by atoms with Gasteiger partial charge in [-0.15, -0.1) is 0 Å². The van der Waals surface area contributed by atoms with Crippen LogP contribution < -0.4 is 5.73 Å². The standard InChI is InChI=1S/C14H19BrN2O2/c1-2-17(8-10-5-6-19-9-10)14(18)12-7-11(15)3-4-13(12)16/h3-4,7,10H,2,5-6,8-9,16H2,1H3. The van der Waals surface area contributed by atoms with Crippen molar-refractivity contribution in [2.45, 2.75) is 13.3 Å². The fourth-order valence-electron chi connectivity index (χ4n) is 2.28. The molecule has 104 valence electrons. The zero-order valence-electron chi connectivity index (χ0n) is 11.1. The number of rotatable bonds is 4. The first-order valence-electron chi connectivity index (χ1n) is 6.54. The molecule has 0 radical (unpaired) electrons. The molecule has 0 spiro atoms. The number of benzene rings is 1. The predicted octanol–water partition coefficient (Wildman–Crippen LogP) is 2.53. The van der Waals surface area contributed by atoms with Gasteiger partial charge in [0.15, 0.2) is 0 Å². The maximum absolute atomic E-state index is 12.5. The number of ether oxygens (including phenoxy) is 1. The van der Waals surface area contributed by atoms with Crippen LogP contribution in [-0.2, 0) is 4.74 Å². The lowest BCUT2D eigenvalue weighted by atomic mass is 10.1. The van der Waals surface area contributed by atoms with Crippen molar-refractivity contribution in [1.29, 1.82) is 0 Å². The Morgan fingerprint density at radius 3 is 3.00 bits per heavy atom. The van der Waals surface area contributed by atoms with Gasteiger partial charge in [-0.3, -0.25) is 4.79 Å². The normalized spacial score (nSPS) is 18.5. The lowest BCUT2D eigenvalue weighted by Crippen LogP contribution is -2.35. The second-order valence-electron chi connectivity index (χ2n) is 4.80. The summed E-state index contributed by atoms with van der Waals surface area (Å²) in [5.74, 6) is 0.436. The summed E-state index contributed by atoms with van der Waals surface area (Å²) in [6, 6.07) is 5.38. The van der Waals surface area contributed by atoms with E-state index in [9.17, 15) is 4.79 Å². The van der Waals surface area contributed by atoms with E-state index in [1.54, 1.807) is 12.1 Å². The molecule has 1 fully saturated rings. The van der Waals surface area contributed by atoms with Crippen LogP contribution >= 0.6 is 15.9 Å². The first-order valence-corrected chi connectivity index (χ1v) is 7.33. The lowest BCUT2D eigenvalue weighted by molar-refractivity contribution is 0.0732. The molecule has 1 aromatic carbocycles. The monoisotopic (exact) mass is 326 g/mol. The molecular weight excluding hydrogens is 308 g/mol. The third kappa shape index (κ3) is 3.48. The highest BCUT2D eigenvalue weighted by molar-refractivity contribution is 9.10. The summed E-state index contributed by atoms with van der Waals surface area (Å²) in [4.78, 5) is 14.4. The highest BCUT2D eigenvalue weighted by Gasteiger charge is 2.23. The molecule has 4 nitrogen and oxygen atoms in total. The Morgan fingerprint density at radius 1 is 1.58 bits per heavy atom. The lowest BCUT2D eigenvalue weighted by Gasteiger charge is -2.24. The molecule has 2 rings (SSSR count). The number of hydrogen-bond acceptors (Lipinski definition) is 3. The van der Waals surface area contributed by atoms with Crippen LogP contribution in [0.25, 0.3) is 0 Å². The van der Waals surface area contributed by atoms with Gasteiger partial charge in [0.2, 0.25) is 0 Å². The minimum Gasteiger partial charge on any atom is -0.398 e. The van der Waals surface area contributed by atoms with Gasteiger partial charge < -0.3 is 15.4 Å². The molecule has 1 aliphatic rings. The van der Waals surface area contributed by atoms with E-state index in [4.69, 9.17) is 10.5 Å². The first-order chi connectivity index (χ1) is 9.11. The van der Waals surface area contributed by atoms with Crippen molar-refractivity contribution in [3.8, 4) is 0 Å². The molecule has 0 bridgehead atoms. The summed E-state index contributed by atoms with van der Waals surface area (Å²) in [5.41, 5.74) is 6.99. The van der Waals surface area contributed by atoms with Crippen molar-refractivity contribution >= 4 is 27.5 Å². The first kappa shape index (κ1) is 14.3. The molecule has 1 heterocycles. The predicted molar refractivity (Wildman–Crippen MR) is 79.1 cm³/mol. The van der Waals surface area contributed by atoms with Crippen LogP contribution in [0.4, 0.5) is 5.69 Å². The molecule has 1 saturated heterocycles. The summed E-state index contributed by atoms with van der Waals surface area (Å²) in [6.45, 7) is 4.96. The number of hydrogen-bond donors (Lipinski definition) is 1. The Hall–Kier alpha value is -1.07. The van der Waals surface area contributed by atoms with Gasteiger partial charge in [0.25, 0.3) is 5.91 Å². The summed E-state index contributed by atoms with van der Waals surface area (Å²) >= 11 is 3.38. The number of carbonyl (C=O) groups excluding carboxylic acids is 1. The Balaban J connectivity index is 2.12. The largest absolute Gasteiger partial charge is 0.398 e. The molecule has 0 aromatic heterocycles. The minimum atomic E-state index is -0.00630. The van der Waals surface area contributed by atoms with Gasteiger partial charge in [0, 0.05) is 35.8 Å². The highest BCUT2D eigenvalue weighted by Crippen LogP contribution is 2.21. The Morgan fingerprint density at radius 2 is 2.37 bits per heavy atom. The molecule has 1 aromatic rings. The van der Waals surface area contributed by atoms with Crippen molar-refractivity contribution in [1.82, 2.24) is 4.90 Å². The smallest absolute Gasteiger partial charge is 0.255 e. The van der Waals surface area contributed by atoms with Crippen LogP contribution in [0.15, 0.2) is 22.7 Å². The summed E-state index contributed by atoms with van der Waals surface area (Å²) < 4.78 is 6.23. The van der Waals surface area contributed by atoms with Crippen LogP contribution in [0.3, 0.4) is 0 Å². The van der Waals surface area contributed by atoms with E-state index in [2.05, 4.69) is 15.9 Å². The van der Waals surface area contributed by atoms with Gasteiger partial charge in [0.1, 0.15) is 0 Å². The van der Waals surface area contributed by atoms with E-state index >= 15 is 0 Å². The SMILES string of the molecule is CCN(CC1CCOC1)C(=O)c1cc(Br)ccc1N. The molecule has 19 heavy (non-hydrogen) atoms. The third-order valence-corrected chi connectivity index (χ3v) is 3.91. The van der Waals surface area contributed by atoms with Crippen molar-refractivity contribution in [3.05, 3.63) is 28.2 Å². The minimum absolute atomic E-state index is 0.00630. The molecule has 1 unspecified atom stereocenters. The number of halogens is 1. The molecular formula is C14H19BrN2O2. The summed E-state index contributed by atoms with van der Waals surface area (Å²) in [7, 11) is 0. The molecule has 1 atom stereocenters. The third-order valence-electron chi connectivity index (χ3n) is 3.42. The molecule has 1 aliphatic heterocycles. The van der Waals surface area contributed by atoms with E-state index in [-0.39, 0.29) is 5.91 Å². The molecule has 0 aliphatic carbocycles. The zero-order valence-corrected chi connectivity index (χ0v) is 12.6. The van der Waals surface area contributed by atoms with Crippen molar-refractivity contribution in [3.63, 3.8) is 0 Å². The Bertz CT molecular complexity index is 459. The average molecular weight is 327 g/mol. The fraction of sp³-hybridized carbons (Fsp3) is 0.500. The number of nitrogens with zero attached hydrogens (tertiary/aromatic N) is 1. The van der Waals surface area contributed by atoms with Gasteiger partial charge in [-0.1, -0.05) is 15.9 Å². The number of amides is 1. The maximum atomic E-state index is 12.5. The molecule has 0 saturated carbocycles. The van der Waals surface area contributed by atoms with Gasteiger partial charge in [0.05, 0.1) is 12.2 Å². The van der Waals surface area contributed by atoms with E-state index in [1.165, 1.54) is 0 Å². The Kier molecular flexibility index (Phi) is 4.82. The molecule has 1 amide bonds. The van der Waals surface area contributed by atoms with E-state index in [0.717, 1.165) is 30.7 Å². The second kappa shape index (κ2) is 6.39. The van der Waals surface area contributed by atoms with Crippen LogP contribution in [0.1, 0.15) is 23.7 Å². The number of nitrogen functional groups attached to an aromatic ring is 1. The number of anilines is 1. The Labute approximate surface area is 122 Å². The van der Waals surface area contributed by atoms with Crippen molar-refractivity contribution < 1.29 is 9.53 Å². The van der Waals surface area contributed by atoms with Gasteiger partial charge in [-0.25, -0.2) is 0 Å². The van der Waals surface area contributed by atoms with Crippen LogP contribution in [-0.4, -0.2) is 37.1 Å². The number of carbonyl (C=O) groups is 1. The highest BCUT2D eigenvalue weighted by atomic mass is 79.9. The van der Waals surface area contributed by atoms with Gasteiger partial charge >= 0.3 is 0 Å². The fourth-order valence-corrected chi connectivity index (χ4v) is 2.64. The summed E-state index contributed by atoms with van der Waals surface area (Å²) in [6.07, 6.45) is 1.03. The van der Waals surface area contributed by atoms with Crippen molar-refractivity contribution in [2.75, 3.05) is 32.0 Å². The number of nitrogens with two attached hydrogens (primary N) is 1. The summed E-state index contributed by atoms with van der Waals surface area (Å²) in [5, 5.41) is 0. The van der Waals surface area contributed by atoms with E-state index in [1.807, 2.05) is 17.9 Å². The second-order valence-corrected chi connectivity index (χ2v) is 5.72. The van der Waals surface area contributed by atoms with Crippen LogP contribution in [0.2, 0.25) is 0 Å². The van der Waals surface area contributed by atoms with E-state index < -0.39 is 0 Å².